The summed E-state index contributed by atoms with van der Waals surface area (Å²) in [4.78, 5) is 23.8. The number of nitro benzene ring substituents is 1. The maximum absolute atomic E-state index is 12.2. The lowest BCUT2D eigenvalue weighted by Crippen LogP contribution is -2.31. The molecule has 2 aromatic carbocycles. The molecule has 0 fully saturated rings. The van der Waals surface area contributed by atoms with Crippen LogP contribution in [0.4, 0.5) is 5.69 Å². The number of likely N-dealkylation sites (N-methyl/N-ethyl adjacent to an activating group) is 1. The van der Waals surface area contributed by atoms with Crippen LogP contribution in [0, 0.1) is 10.1 Å². The molecule has 6 nitrogen and oxygen atoms in total. The standard InChI is InChI=1S/C16H14BrClN2O4/c1-19(9-11-4-2-3-5-13(11)17)16(21)10-24-15-7-6-12(20(22)23)8-14(15)18/h2-8H,9-10H2,1H3. The summed E-state index contributed by atoms with van der Waals surface area (Å²) < 4.78 is 6.29. The van der Waals surface area contributed by atoms with Gasteiger partial charge in [-0.15, -0.1) is 0 Å². The Morgan fingerprint density at radius 3 is 2.67 bits per heavy atom. The molecule has 0 saturated carbocycles. The molecule has 0 bridgehead atoms. The fourth-order valence-electron chi connectivity index (χ4n) is 1.94. The maximum Gasteiger partial charge on any atom is 0.271 e. The Labute approximate surface area is 152 Å². The number of hydrogen-bond donors (Lipinski definition) is 0. The van der Waals surface area contributed by atoms with Gasteiger partial charge in [-0.05, 0) is 17.7 Å². The Kier molecular flexibility index (Phi) is 6.16. The molecule has 0 aromatic heterocycles. The van der Waals surface area contributed by atoms with Gasteiger partial charge in [0.05, 0.1) is 9.95 Å². The van der Waals surface area contributed by atoms with Gasteiger partial charge < -0.3 is 9.64 Å². The summed E-state index contributed by atoms with van der Waals surface area (Å²) in [7, 11) is 1.67. The number of ether oxygens (including phenoxy) is 1. The van der Waals surface area contributed by atoms with E-state index in [2.05, 4.69) is 15.9 Å². The second kappa shape index (κ2) is 8.12. The fourth-order valence-corrected chi connectivity index (χ4v) is 2.58. The van der Waals surface area contributed by atoms with Crippen LogP contribution in [0.3, 0.4) is 0 Å². The van der Waals surface area contributed by atoms with E-state index in [4.69, 9.17) is 16.3 Å². The van der Waals surface area contributed by atoms with Crippen molar-refractivity contribution < 1.29 is 14.5 Å². The highest BCUT2D eigenvalue weighted by Crippen LogP contribution is 2.28. The van der Waals surface area contributed by atoms with Crippen molar-refractivity contribution in [1.82, 2.24) is 4.90 Å². The average molecular weight is 414 g/mol. The number of nitro groups is 1. The molecule has 8 heteroatoms. The summed E-state index contributed by atoms with van der Waals surface area (Å²) in [5.41, 5.74) is 0.839. The van der Waals surface area contributed by atoms with Crippen LogP contribution >= 0.6 is 27.5 Å². The minimum Gasteiger partial charge on any atom is -0.482 e. The number of carbonyl (C=O) groups excluding carboxylic acids is 1. The molecule has 1 amide bonds. The Morgan fingerprint density at radius 2 is 2.04 bits per heavy atom. The molecule has 2 rings (SSSR count). The lowest BCUT2D eigenvalue weighted by Gasteiger charge is -2.18. The van der Waals surface area contributed by atoms with E-state index in [1.165, 1.54) is 23.1 Å². The predicted octanol–water partition coefficient (Wildman–Crippen LogP) is 4.05. The van der Waals surface area contributed by atoms with E-state index in [1.54, 1.807) is 7.05 Å². The summed E-state index contributed by atoms with van der Waals surface area (Å²) in [6.07, 6.45) is 0. The van der Waals surface area contributed by atoms with Gasteiger partial charge in [0.1, 0.15) is 5.75 Å². The van der Waals surface area contributed by atoms with E-state index in [1.807, 2.05) is 24.3 Å². The minimum atomic E-state index is -0.549. The summed E-state index contributed by atoms with van der Waals surface area (Å²) in [5, 5.41) is 10.8. The second-order valence-electron chi connectivity index (χ2n) is 5.00. The first-order valence-corrected chi connectivity index (χ1v) is 8.09. The molecule has 0 spiro atoms. The number of carbonyl (C=O) groups is 1. The molecule has 0 unspecified atom stereocenters. The monoisotopic (exact) mass is 412 g/mol. The number of nitrogens with zero attached hydrogens (tertiary/aromatic N) is 2. The van der Waals surface area contributed by atoms with Crippen molar-refractivity contribution in [1.29, 1.82) is 0 Å². The zero-order chi connectivity index (χ0) is 17.7. The Hall–Kier alpha value is -2.12. The van der Waals surface area contributed by atoms with Crippen molar-refractivity contribution in [3.63, 3.8) is 0 Å². The van der Waals surface area contributed by atoms with E-state index >= 15 is 0 Å². The van der Waals surface area contributed by atoms with Gasteiger partial charge in [-0.25, -0.2) is 0 Å². The lowest BCUT2D eigenvalue weighted by molar-refractivity contribution is -0.384. The highest BCUT2D eigenvalue weighted by atomic mass is 79.9. The van der Waals surface area contributed by atoms with Crippen LogP contribution in [0.2, 0.25) is 5.02 Å². The van der Waals surface area contributed by atoms with E-state index in [0.29, 0.717) is 6.54 Å². The number of non-ortho nitro benzene ring substituents is 1. The third kappa shape index (κ3) is 4.69. The molecule has 0 heterocycles. The first-order valence-electron chi connectivity index (χ1n) is 6.92. The zero-order valence-corrected chi connectivity index (χ0v) is 15.1. The summed E-state index contributed by atoms with van der Waals surface area (Å²) in [5.74, 6) is -0.00918. The highest BCUT2D eigenvalue weighted by Gasteiger charge is 2.14. The van der Waals surface area contributed by atoms with Crippen LogP contribution < -0.4 is 4.74 Å². The predicted molar refractivity (Wildman–Crippen MR) is 94.2 cm³/mol. The van der Waals surface area contributed by atoms with Crippen molar-refractivity contribution in [2.45, 2.75) is 6.54 Å². The molecule has 0 aliphatic heterocycles. The van der Waals surface area contributed by atoms with Gasteiger partial charge in [0.25, 0.3) is 11.6 Å². The van der Waals surface area contributed by atoms with Gasteiger partial charge >= 0.3 is 0 Å². The fraction of sp³-hybridized carbons (Fsp3) is 0.188. The molecule has 0 radical (unpaired) electrons. The summed E-state index contributed by atoms with van der Waals surface area (Å²) in [6.45, 7) is 0.218. The highest BCUT2D eigenvalue weighted by molar-refractivity contribution is 9.10. The topological polar surface area (TPSA) is 72.7 Å². The Morgan fingerprint density at radius 1 is 1.33 bits per heavy atom. The molecule has 0 aliphatic rings. The van der Waals surface area contributed by atoms with Crippen LogP contribution in [0.1, 0.15) is 5.56 Å². The number of hydrogen-bond acceptors (Lipinski definition) is 4. The molecule has 126 valence electrons. The molecule has 0 atom stereocenters. The largest absolute Gasteiger partial charge is 0.482 e. The van der Waals surface area contributed by atoms with E-state index in [0.717, 1.165) is 10.0 Å². The number of halogens is 2. The number of amides is 1. The zero-order valence-electron chi connectivity index (χ0n) is 12.7. The SMILES string of the molecule is CN(Cc1ccccc1Br)C(=O)COc1ccc([N+](=O)[O-])cc1Cl. The van der Waals surface area contributed by atoms with Gasteiger partial charge in [0, 0.05) is 30.2 Å². The first-order chi connectivity index (χ1) is 11.4. The van der Waals surface area contributed by atoms with E-state index in [-0.39, 0.29) is 29.0 Å². The van der Waals surface area contributed by atoms with E-state index < -0.39 is 4.92 Å². The molecular weight excluding hydrogens is 400 g/mol. The molecule has 2 aromatic rings. The number of benzene rings is 2. The number of rotatable bonds is 6. The van der Waals surface area contributed by atoms with Crippen LogP contribution in [0.25, 0.3) is 0 Å². The molecule has 24 heavy (non-hydrogen) atoms. The van der Waals surface area contributed by atoms with E-state index in [9.17, 15) is 14.9 Å². The quantitative estimate of drug-likeness (QED) is 0.529. The third-order valence-corrected chi connectivity index (χ3v) is 4.34. The lowest BCUT2D eigenvalue weighted by atomic mass is 10.2. The van der Waals surface area contributed by atoms with Gasteiger partial charge in [-0.2, -0.15) is 0 Å². The third-order valence-electron chi connectivity index (χ3n) is 3.27. The molecule has 0 aliphatic carbocycles. The van der Waals surface area contributed by atoms with Crippen molar-refractivity contribution in [3.05, 3.63) is 67.6 Å². The van der Waals surface area contributed by atoms with Gasteiger partial charge in [0.15, 0.2) is 6.61 Å². The van der Waals surface area contributed by atoms with Gasteiger partial charge in [-0.1, -0.05) is 45.7 Å². The van der Waals surface area contributed by atoms with Crippen LogP contribution in [0.5, 0.6) is 5.75 Å². The summed E-state index contributed by atoms with van der Waals surface area (Å²) in [6, 6.07) is 11.5. The normalized spacial score (nSPS) is 10.3. The van der Waals surface area contributed by atoms with Crippen LogP contribution in [-0.4, -0.2) is 29.4 Å². The minimum absolute atomic E-state index is 0.0884. The van der Waals surface area contributed by atoms with Crippen LogP contribution in [0.15, 0.2) is 46.9 Å². The van der Waals surface area contributed by atoms with Crippen molar-refractivity contribution >= 4 is 39.1 Å². The maximum atomic E-state index is 12.2. The second-order valence-corrected chi connectivity index (χ2v) is 6.26. The Balaban J connectivity index is 1.95. The molecule has 0 saturated heterocycles. The van der Waals surface area contributed by atoms with Crippen molar-refractivity contribution in [2.75, 3.05) is 13.7 Å². The summed E-state index contributed by atoms with van der Waals surface area (Å²) >= 11 is 9.36. The molecule has 0 N–H and O–H groups in total. The Bertz CT molecular complexity index is 769. The molecular formula is C16H14BrClN2O4. The smallest absolute Gasteiger partial charge is 0.271 e. The van der Waals surface area contributed by atoms with Gasteiger partial charge in [-0.3, -0.25) is 14.9 Å². The van der Waals surface area contributed by atoms with Gasteiger partial charge in [0.2, 0.25) is 0 Å². The first kappa shape index (κ1) is 18.2. The average Bonchev–Trinajstić information content (AvgIpc) is 2.55. The van der Waals surface area contributed by atoms with Crippen molar-refractivity contribution in [2.24, 2.45) is 0 Å². The van der Waals surface area contributed by atoms with Crippen LogP contribution in [-0.2, 0) is 11.3 Å². The van der Waals surface area contributed by atoms with Crippen molar-refractivity contribution in [3.8, 4) is 5.75 Å².